The van der Waals surface area contributed by atoms with Crippen LogP contribution < -0.4 is 0 Å². The Balaban J connectivity index is 2.48. The van der Waals surface area contributed by atoms with Crippen LogP contribution in [0.4, 0.5) is 4.39 Å². The monoisotopic (exact) mass is 284 g/mol. The van der Waals surface area contributed by atoms with Crippen molar-refractivity contribution in [3.8, 4) is 0 Å². The Labute approximate surface area is 115 Å². The van der Waals surface area contributed by atoms with E-state index in [1.165, 1.54) is 12.1 Å². The summed E-state index contributed by atoms with van der Waals surface area (Å²) in [7, 11) is 0. The van der Waals surface area contributed by atoms with E-state index in [1.807, 2.05) is 0 Å². The third-order valence-electron chi connectivity index (χ3n) is 2.77. The van der Waals surface area contributed by atoms with Gasteiger partial charge < -0.3 is 5.11 Å². The maximum absolute atomic E-state index is 13.9. The average Bonchev–Trinajstić information content (AvgIpc) is 2.32. The summed E-state index contributed by atoms with van der Waals surface area (Å²) in [4.78, 5) is 0. The second kappa shape index (κ2) is 5.27. The molecule has 0 saturated carbocycles. The molecule has 4 heteroatoms. The lowest BCUT2D eigenvalue weighted by molar-refractivity contribution is 0.215. The predicted octanol–water partition coefficient (Wildman–Crippen LogP) is 4.52. The summed E-state index contributed by atoms with van der Waals surface area (Å²) in [6.07, 6.45) is -1.10. The van der Waals surface area contributed by atoms with Crippen molar-refractivity contribution in [3.05, 3.63) is 69.0 Å². The van der Waals surface area contributed by atoms with E-state index in [-0.39, 0.29) is 5.56 Å². The van der Waals surface area contributed by atoms with Gasteiger partial charge in [0.2, 0.25) is 0 Å². The van der Waals surface area contributed by atoms with Crippen LogP contribution in [0.3, 0.4) is 0 Å². The fraction of sp³-hybridized carbons (Fsp3) is 0.143. The molecule has 0 aliphatic heterocycles. The minimum Gasteiger partial charge on any atom is -0.383 e. The lowest BCUT2D eigenvalue weighted by Crippen LogP contribution is -2.04. The van der Waals surface area contributed by atoms with E-state index in [1.54, 1.807) is 31.2 Å². The van der Waals surface area contributed by atoms with Crippen molar-refractivity contribution in [3.63, 3.8) is 0 Å². The first-order chi connectivity index (χ1) is 8.50. The fourth-order valence-corrected chi connectivity index (χ4v) is 2.28. The van der Waals surface area contributed by atoms with Crippen molar-refractivity contribution in [2.75, 3.05) is 0 Å². The van der Waals surface area contributed by atoms with E-state index in [2.05, 4.69) is 0 Å². The standard InChI is InChI=1S/C14H11Cl2FO/c1-8-3-2-4-11(13(8)17)14(18)10-6-5-9(15)7-12(10)16/h2-7,14,18H,1H3. The third kappa shape index (κ3) is 2.51. The summed E-state index contributed by atoms with van der Waals surface area (Å²) >= 11 is 11.8. The first-order valence-corrected chi connectivity index (χ1v) is 6.14. The smallest absolute Gasteiger partial charge is 0.132 e. The van der Waals surface area contributed by atoms with Gasteiger partial charge in [0.15, 0.2) is 0 Å². The normalized spacial score (nSPS) is 12.5. The second-order valence-corrected chi connectivity index (χ2v) is 4.89. The van der Waals surface area contributed by atoms with Crippen molar-refractivity contribution in [2.45, 2.75) is 13.0 Å². The zero-order valence-corrected chi connectivity index (χ0v) is 11.1. The van der Waals surface area contributed by atoms with Crippen LogP contribution >= 0.6 is 23.2 Å². The number of rotatable bonds is 2. The molecule has 94 valence electrons. The molecule has 0 heterocycles. The lowest BCUT2D eigenvalue weighted by atomic mass is 9.99. The van der Waals surface area contributed by atoms with Crippen molar-refractivity contribution in [1.82, 2.24) is 0 Å². The first kappa shape index (κ1) is 13.3. The lowest BCUT2D eigenvalue weighted by Gasteiger charge is -2.15. The highest BCUT2D eigenvalue weighted by molar-refractivity contribution is 6.35. The summed E-state index contributed by atoms with van der Waals surface area (Å²) in [5, 5.41) is 11.0. The van der Waals surface area contributed by atoms with E-state index in [0.29, 0.717) is 21.2 Å². The van der Waals surface area contributed by atoms with E-state index in [9.17, 15) is 9.50 Å². The number of hydrogen-bond donors (Lipinski definition) is 1. The highest BCUT2D eigenvalue weighted by Crippen LogP contribution is 2.32. The zero-order valence-electron chi connectivity index (χ0n) is 9.62. The second-order valence-electron chi connectivity index (χ2n) is 4.05. The quantitative estimate of drug-likeness (QED) is 0.860. The number of aryl methyl sites for hydroxylation is 1. The Bertz CT molecular complexity index is 584. The van der Waals surface area contributed by atoms with Crippen LogP contribution in [-0.2, 0) is 0 Å². The van der Waals surface area contributed by atoms with Gasteiger partial charge in [-0.25, -0.2) is 4.39 Å². The molecule has 0 aromatic heterocycles. The van der Waals surface area contributed by atoms with E-state index in [0.717, 1.165) is 0 Å². The SMILES string of the molecule is Cc1cccc(C(O)c2ccc(Cl)cc2Cl)c1F. The average molecular weight is 285 g/mol. The van der Waals surface area contributed by atoms with Crippen molar-refractivity contribution in [1.29, 1.82) is 0 Å². The van der Waals surface area contributed by atoms with E-state index in [4.69, 9.17) is 23.2 Å². The molecular formula is C14H11Cl2FO. The zero-order chi connectivity index (χ0) is 13.3. The summed E-state index contributed by atoms with van der Waals surface area (Å²) in [5.41, 5.74) is 1.13. The topological polar surface area (TPSA) is 20.2 Å². The molecule has 0 fully saturated rings. The number of hydrogen-bond acceptors (Lipinski definition) is 1. The third-order valence-corrected chi connectivity index (χ3v) is 3.34. The number of aliphatic hydroxyl groups excluding tert-OH is 1. The molecule has 0 aliphatic carbocycles. The summed E-state index contributed by atoms with van der Waals surface area (Å²) in [6, 6.07) is 9.61. The molecule has 2 rings (SSSR count). The maximum Gasteiger partial charge on any atom is 0.132 e. The Morgan fingerprint density at radius 1 is 1.11 bits per heavy atom. The van der Waals surface area contributed by atoms with Gasteiger partial charge in [-0.3, -0.25) is 0 Å². The number of aliphatic hydroxyl groups is 1. The van der Waals surface area contributed by atoms with Gasteiger partial charge in [0.1, 0.15) is 11.9 Å². The predicted molar refractivity (Wildman–Crippen MR) is 71.7 cm³/mol. The van der Waals surface area contributed by atoms with Crippen LogP contribution in [0.15, 0.2) is 36.4 Å². The van der Waals surface area contributed by atoms with Gasteiger partial charge in [0.25, 0.3) is 0 Å². The van der Waals surface area contributed by atoms with Crippen LogP contribution in [0.25, 0.3) is 0 Å². The molecule has 0 radical (unpaired) electrons. The Morgan fingerprint density at radius 3 is 2.50 bits per heavy atom. The molecule has 1 atom stereocenters. The summed E-state index contributed by atoms with van der Waals surface area (Å²) in [5.74, 6) is -0.420. The van der Waals surface area contributed by atoms with E-state index >= 15 is 0 Å². The minimum absolute atomic E-state index is 0.208. The van der Waals surface area contributed by atoms with Gasteiger partial charge in [-0.1, -0.05) is 47.5 Å². The molecule has 2 aromatic rings. The molecule has 2 aromatic carbocycles. The Morgan fingerprint density at radius 2 is 1.83 bits per heavy atom. The van der Waals surface area contributed by atoms with Crippen molar-refractivity contribution in [2.24, 2.45) is 0 Å². The fourth-order valence-electron chi connectivity index (χ4n) is 1.77. The highest BCUT2D eigenvalue weighted by Gasteiger charge is 2.18. The van der Waals surface area contributed by atoms with Gasteiger partial charge in [-0.15, -0.1) is 0 Å². The van der Waals surface area contributed by atoms with Crippen LogP contribution in [0, 0.1) is 12.7 Å². The first-order valence-electron chi connectivity index (χ1n) is 5.38. The summed E-state index contributed by atoms with van der Waals surface area (Å²) < 4.78 is 13.9. The molecule has 1 nitrogen and oxygen atoms in total. The van der Waals surface area contributed by atoms with E-state index < -0.39 is 11.9 Å². The van der Waals surface area contributed by atoms with Gasteiger partial charge in [0.05, 0.1) is 0 Å². The molecule has 0 saturated heterocycles. The minimum atomic E-state index is -1.10. The number of halogens is 3. The molecule has 0 amide bonds. The van der Waals surface area contributed by atoms with Crippen LogP contribution in [0.5, 0.6) is 0 Å². The Kier molecular flexibility index (Phi) is 3.91. The Hall–Kier alpha value is -1.09. The van der Waals surface area contributed by atoms with Crippen molar-refractivity contribution >= 4 is 23.2 Å². The molecule has 1 unspecified atom stereocenters. The summed E-state index contributed by atoms with van der Waals surface area (Å²) in [6.45, 7) is 1.65. The van der Waals surface area contributed by atoms with Crippen LogP contribution in [0.2, 0.25) is 10.0 Å². The van der Waals surface area contributed by atoms with Gasteiger partial charge in [-0.2, -0.15) is 0 Å². The number of benzene rings is 2. The van der Waals surface area contributed by atoms with Crippen LogP contribution in [0.1, 0.15) is 22.8 Å². The molecule has 0 aliphatic rings. The molecule has 0 spiro atoms. The molecule has 18 heavy (non-hydrogen) atoms. The molecule has 1 N–H and O–H groups in total. The highest BCUT2D eigenvalue weighted by atomic mass is 35.5. The van der Waals surface area contributed by atoms with Gasteiger partial charge in [-0.05, 0) is 24.6 Å². The molecular weight excluding hydrogens is 274 g/mol. The maximum atomic E-state index is 13.9. The molecule has 0 bridgehead atoms. The van der Waals surface area contributed by atoms with Gasteiger partial charge in [0, 0.05) is 21.2 Å². The van der Waals surface area contributed by atoms with Crippen LogP contribution in [-0.4, -0.2) is 5.11 Å². The van der Waals surface area contributed by atoms with Crippen molar-refractivity contribution < 1.29 is 9.50 Å². The van der Waals surface area contributed by atoms with Gasteiger partial charge >= 0.3 is 0 Å². The largest absolute Gasteiger partial charge is 0.383 e.